The predicted molar refractivity (Wildman–Crippen MR) is 111 cm³/mol. The van der Waals surface area contributed by atoms with Gasteiger partial charge in [-0.1, -0.05) is 6.07 Å². The van der Waals surface area contributed by atoms with Gasteiger partial charge in [-0.3, -0.25) is 0 Å². The standard InChI is InChI=1S/C18H24FN5O.HI/c1-2-21-18(23-12-15-4-3-9-25-15)22-11-14-5-6-17(16(19)10-14)24-8-7-20-13-24;/h5-8,10,13,15H,2-4,9,11-12H2,1H3,(H2,21,22,23);1H. The first kappa shape index (κ1) is 20.6. The highest BCUT2D eigenvalue weighted by Gasteiger charge is 2.15. The second kappa shape index (κ2) is 10.5. The molecule has 2 heterocycles. The maximum absolute atomic E-state index is 14.3. The largest absolute Gasteiger partial charge is 0.376 e. The van der Waals surface area contributed by atoms with Crippen LogP contribution in [-0.4, -0.2) is 41.3 Å². The van der Waals surface area contributed by atoms with Crippen molar-refractivity contribution in [1.82, 2.24) is 20.2 Å². The van der Waals surface area contributed by atoms with Crippen molar-refractivity contribution in [3.8, 4) is 5.69 Å². The van der Waals surface area contributed by atoms with E-state index in [1.54, 1.807) is 29.4 Å². The Morgan fingerprint density at radius 1 is 1.42 bits per heavy atom. The minimum Gasteiger partial charge on any atom is -0.376 e. The summed E-state index contributed by atoms with van der Waals surface area (Å²) in [4.78, 5) is 8.47. The lowest BCUT2D eigenvalue weighted by Gasteiger charge is -2.15. The molecule has 1 aromatic heterocycles. The maximum Gasteiger partial charge on any atom is 0.191 e. The molecule has 1 saturated heterocycles. The number of ether oxygens (including phenoxy) is 1. The number of hydrogen-bond acceptors (Lipinski definition) is 3. The molecule has 1 unspecified atom stereocenters. The Morgan fingerprint density at radius 3 is 2.96 bits per heavy atom. The molecule has 8 heteroatoms. The van der Waals surface area contributed by atoms with Gasteiger partial charge in [0.25, 0.3) is 0 Å². The second-order valence-corrected chi connectivity index (χ2v) is 5.97. The van der Waals surface area contributed by atoms with Gasteiger partial charge in [-0.05, 0) is 37.5 Å². The molecule has 0 saturated carbocycles. The summed E-state index contributed by atoms with van der Waals surface area (Å²) < 4.78 is 21.5. The quantitative estimate of drug-likeness (QED) is 0.385. The van der Waals surface area contributed by atoms with Gasteiger partial charge >= 0.3 is 0 Å². The maximum atomic E-state index is 14.3. The molecule has 0 spiro atoms. The van der Waals surface area contributed by atoms with Crippen molar-refractivity contribution in [3.63, 3.8) is 0 Å². The summed E-state index contributed by atoms with van der Waals surface area (Å²) in [5.41, 5.74) is 1.30. The minimum atomic E-state index is -0.289. The van der Waals surface area contributed by atoms with Crippen LogP contribution in [0.2, 0.25) is 0 Å². The summed E-state index contributed by atoms with van der Waals surface area (Å²) in [5, 5.41) is 6.49. The van der Waals surface area contributed by atoms with E-state index in [2.05, 4.69) is 20.6 Å². The lowest BCUT2D eigenvalue weighted by Crippen LogP contribution is -2.41. The summed E-state index contributed by atoms with van der Waals surface area (Å²) in [5.74, 6) is 0.431. The molecule has 0 radical (unpaired) electrons. The third kappa shape index (κ3) is 5.66. The first-order valence-corrected chi connectivity index (χ1v) is 8.67. The number of guanidine groups is 1. The third-order valence-corrected chi connectivity index (χ3v) is 4.08. The van der Waals surface area contributed by atoms with Crippen molar-refractivity contribution < 1.29 is 9.13 Å². The molecule has 142 valence electrons. The van der Waals surface area contributed by atoms with Crippen LogP contribution in [0.4, 0.5) is 4.39 Å². The van der Waals surface area contributed by atoms with Crippen molar-refractivity contribution in [3.05, 3.63) is 48.3 Å². The zero-order valence-electron chi connectivity index (χ0n) is 14.8. The number of nitrogens with zero attached hydrogens (tertiary/aromatic N) is 3. The molecular weight excluding hydrogens is 448 g/mol. The number of aromatic nitrogens is 2. The summed E-state index contributed by atoms with van der Waals surface area (Å²) in [6, 6.07) is 5.14. The molecule has 0 amide bonds. The molecule has 1 fully saturated rings. The van der Waals surface area contributed by atoms with Gasteiger partial charge in [-0.25, -0.2) is 14.4 Å². The number of hydrogen-bond donors (Lipinski definition) is 2. The molecule has 1 atom stereocenters. The van der Waals surface area contributed by atoms with E-state index in [-0.39, 0.29) is 35.9 Å². The molecule has 0 aliphatic carbocycles. The molecule has 1 aliphatic rings. The number of aliphatic imine (C=N–C) groups is 1. The van der Waals surface area contributed by atoms with E-state index < -0.39 is 0 Å². The lowest BCUT2D eigenvalue weighted by atomic mass is 10.2. The monoisotopic (exact) mass is 473 g/mol. The Hall–Kier alpha value is -1.68. The molecule has 0 bridgehead atoms. The van der Waals surface area contributed by atoms with Crippen LogP contribution in [0.1, 0.15) is 25.3 Å². The molecule has 6 nitrogen and oxygen atoms in total. The molecule has 3 rings (SSSR count). The smallest absolute Gasteiger partial charge is 0.191 e. The van der Waals surface area contributed by atoms with Crippen molar-refractivity contribution in [1.29, 1.82) is 0 Å². The highest BCUT2D eigenvalue weighted by atomic mass is 127. The summed E-state index contributed by atoms with van der Waals surface area (Å²) >= 11 is 0. The van der Waals surface area contributed by atoms with Crippen LogP contribution in [0, 0.1) is 5.82 Å². The van der Waals surface area contributed by atoms with Gasteiger partial charge in [0.1, 0.15) is 5.82 Å². The van der Waals surface area contributed by atoms with E-state index in [1.165, 1.54) is 6.07 Å². The third-order valence-electron chi connectivity index (χ3n) is 4.08. The van der Waals surface area contributed by atoms with Gasteiger partial charge in [-0.15, -0.1) is 24.0 Å². The van der Waals surface area contributed by atoms with Crippen molar-refractivity contribution in [2.75, 3.05) is 19.7 Å². The van der Waals surface area contributed by atoms with Crippen LogP contribution in [-0.2, 0) is 11.3 Å². The Morgan fingerprint density at radius 2 is 2.31 bits per heavy atom. The van der Waals surface area contributed by atoms with Crippen molar-refractivity contribution in [2.24, 2.45) is 4.99 Å². The number of rotatable bonds is 6. The van der Waals surface area contributed by atoms with E-state index in [4.69, 9.17) is 4.74 Å². The topological polar surface area (TPSA) is 63.5 Å². The Labute approximate surface area is 170 Å². The van der Waals surface area contributed by atoms with Crippen LogP contribution >= 0.6 is 24.0 Å². The fourth-order valence-electron chi connectivity index (χ4n) is 2.79. The Balaban J connectivity index is 0.00000243. The zero-order valence-corrected chi connectivity index (χ0v) is 17.2. The van der Waals surface area contributed by atoms with E-state index in [1.807, 2.05) is 13.0 Å². The average molecular weight is 473 g/mol. The molecular formula is C18H25FIN5O. The molecule has 1 aliphatic heterocycles. The first-order valence-electron chi connectivity index (χ1n) is 8.67. The highest BCUT2D eigenvalue weighted by molar-refractivity contribution is 14.0. The van der Waals surface area contributed by atoms with Gasteiger partial charge in [0.15, 0.2) is 5.96 Å². The van der Waals surface area contributed by atoms with Gasteiger partial charge in [0, 0.05) is 32.1 Å². The van der Waals surface area contributed by atoms with Crippen molar-refractivity contribution >= 4 is 29.9 Å². The van der Waals surface area contributed by atoms with E-state index in [0.29, 0.717) is 12.2 Å². The van der Waals surface area contributed by atoms with E-state index >= 15 is 0 Å². The number of imidazole rings is 1. The van der Waals surface area contributed by atoms with Crippen LogP contribution in [0.3, 0.4) is 0 Å². The SMILES string of the molecule is CCNC(=NCc1ccc(-n2ccnc2)c(F)c1)NCC1CCCO1.I. The van der Waals surface area contributed by atoms with E-state index in [9.17, 15) is 4.39 Å². The molecule has 2 N–H and O–H groups in total. The number of nitrogens with one attached hydrogen (secondary N) is 2. The summed E-state index contributed by atoms with van der Waals surface area (Å²) in [6.07, 6.45) is 7.36. The Bertz CT molecular complexity index is 702. The normalized spacial score (nSPS) is 17.0. The Kier molecular flexibility index (Phi) is 8.30. The number of benzene rings is 1. The van der Waals surface area contributed by atoms with Crippen LogP contribution < -0.4 is 10.6 Å². The van der Waals surface area contributed by atoms with Crippen LogP contribution in [0.15, 0.2) is 41.9 Å². The fourth-order valence-corrected chi connectivity index (χ4v) is 2.79. The van der Waals surface area contributed by atoms with Gasteiger partial charge in [0.05, 0.1) is 24.7 Å². The zero-order chi connectivity index (χ0) is 17.5. The molecule has 2 aromatic rings. The van der Waals surface area contributed by atoms with Crippen LogP contribution in [0.25, 0.3) is 5.69 Å². The van der Waals surface area contributed by atoms with Gasteiger partial charge in [-0.2, -0.15) is 0 Å². The average Bonchev–Trinajstić information content (AvgIpc) is 3.31. The highest BCUT2D eigenvalue weighted by Crippen LogP contribution is 2.15. The van der Waals surface area contributed by atoms with Crippen LogP contribution in [0.5, 0.6) is 0 Å². The fraction of sp³-hybridized carbons (Fsp3) is 0.444. The van der Waals surface area contributed by atoms with E-state index in [0.717, 1.165) is 44.1 Å². The number of halogens is 2. The molecule has 26 heavy (non-hydrogen) atoms. The van der Waals surface area contributed by atoms with Gasteiger partial charge in [0.2, 0.25) is 0 Å². The minimum absolute atomic E-state index is 0. The lowest BCUT2D eigenvalue weighted by molar-refractivity contribution is 0.114. The predicted octanol–water partition coefficient (Wildman–Crippen LogP) is 2.86. The van der Waals surface area contributed by atoms with Crippen molar-refractivity contribution in [2.45, 2.75) is 32.4 Å². The summed E-state index contributed by atoms with van der Waals surface area (Å²) in [7, 11) is 0. The molecule has 1 aromatic carbocycles. The first-order chi connectivity index (χ1) is 12.3. The van der Waals surface area contributed by atoms with Gasteiger partial charge < -0.3 is 19.9 Å². The second-order valence-electron chi connectivity index (χ2n) is 5.97. The summed E-state index contributed by atoms with van der Waals surface area (Å²) in [6.45, 7) is 4.76.